The zero-order chi connectivity index (χ0) is 17.6. The van der Waals surface area contributed by atoms with Gasteiger partial charge in [0.05, 0.1) is 6.54 Å². The van der Waals surface area contributed by atoms with Crippen molar-refractivity contribution in [3.05, 3.63) is 64.7 Å². The van der Waals surface area contributed by atoms with E-state index in [1.807, 2.05) is 30.3 Å². The summed E-state index contributed by atoms with van der Waals surface area (Å²) >= 11 is 6.07. The Bertz CT molecular complexity index is 726. The van der Waals surface area contributed by atoms with Gasteiger partial charge in [-0.25, -0.2) is 0 Å². The molecule has 1 N–H and O–H groups in total. The molecule has 2 aromatic carbocycles. The Labute approximate surface area is 154 Å². The van der Waals surface area contributed by atoms with Crippen molar-refractivity contribution >= 4 is 23.2 Å². The Morgan fingerprint density at radius 3 is 2.56 bits per heavy atom. The number of aryl methyl sites for hydroxylation is 1. The van der Waals surface area contributed by atoms with Gasteiger partial charge in [0, 0.05) is 43.4 Å². The Morgan fingerprint density at radius 2 is 1.84 bits per heavy atom. The summed E-state index contributed by atoms with van der Waals surface area (Å²) < 4.78 is 0. The molecule has 1 aliphatic heterocycles. The van der Waals surface area contributed by atoms with Crippen LogP contribution >= 0.6 is 11.6 Å². The first-order chi connectivity index (χ1) is 12.1. The van der Waals surface area contributed by atoms with E-state index in [4.69, 9.17) is 11.6 Å². The van der Waals surface area contributed by atoms with Crippen LogP contribution in [0.2, 0.25) is 5.02 Å². The van der Waals surface area contributed by atoms with Gasteiger partial charge in [0.25, 0.3) is 0 Å². The number of carbonyl (C=O) groups excluding carboxylic acids is 1. The lowest BCUT2D eigenvalue weighted by atomic mass is 10.1. The number of halogens is 1. The second-order valence-corrected chi connectivity index (χ2v) is 6.95. The number of anilines is 1. The maximum atomic E-state index is 12.2. The first-order valence-electron chi connectivity index (χ1n) is 8.65. The molecule has 0 aliphatic carbocycles. The molecular weight excluding hydrogens is 334 g/mol. The number of carbonyl (C=O) groups is 1. The molecular formula is C20H24ClN3O. The van der Waals surface area contributed by atoms with Crippen LogP contribution in [0.5, 0.6) is 0 Å². The van der Waals surface area contributed by atoms with E-state index in [1.54, 1.807) is 0 Å². The molecule has 0 spiro atoms. The molecule has 0 unspecified atom stereocenters. The first kappa shape index (κ1) is 17.8. The second kappa shape index (κ2) is 8.37. The predicted molar refractivity (Wildman–Crippen MR) is 103 cm³/mol. The molecule has 0 atom stereocenters. The predicted octanol–water partition coefficient (Wildman–Crippen LogP) is 3.09. The number of rotatable bonds is 5. The van der Waals surface area contributed by atoms with Gasteiger partial charge in [0.15, 0.2) is 0 Å². The quantitative estimate of drug-likeness (QED) is 0.893. The highest BCUT2D eigenvalue weighted by atomic mass is 35.5. The first-order valence-corrected chi connectivity index (χ1v) is 9.03. The van der Waals surface area contributed by atoms with E-state index >= 15 is 0 Å². The summed E-state index contributed by atoms with van der Waals surface area (Å²) in [6, 6.07) is 16.2. The van der Waals surface area contributed by atoms with Gasteiger partial charge in [-0.1, -0.05) is 47.5 Å². The molecule has 4 nitrogen and oxygen atoms in total. The number of benzene rings is 2. The minimum Gasteiger partial charge on any atom is -0.369 e. The van der Waals surface area contributed by atoms with Crippen LogP contribution in [-0.2, 0) is 11.3 Å². The molecule has 1 amide bonds. The number of hydrogen-bond acceptors (Lipinski definition) is 3. The number of piperazine rings is 1. The van der Waals surface area contributed by atoms with Crippen LogP contribution in [0.1, 0.15) is 11.1 Å². The van der Waals surface area contributed by atoms with E-state index in [2.05, 4.69) is 40.2 Å². The van der Waals surface area contributed by atoms with Crippen molar-refractivity contribution in [1.82, 2.24) is 10.2 Å². The fourth-order valence-corrected chi connectivity index (χ4v) is 3.30. The zero-order valence-corrected chi connectivity index (χ0v) is 15.3. The third-order valence-corrected chi connectivity index (χ3v) is 4.72. The normalized spacial score (nSPS) is 15.2. The van der Waals surface area contributed by atoms with Crippen LogP contribution in [0.25, 0.3) is 0 Å². The monoisotopic (exact) mass is 357 g/mol. The minimum atomic E-state index is 0.0812. The molecule has 1 aliphatic rings. The lowest BCUT2D eigenvalue weighted by molar-refractivity contribution is -0.122. The summed E-state index contributed by atoms with van der Waals surface area (Å²) in [7, 11) is 0. The molecule has 5 heteroatoms. The van der Waals surface area contributed by atoms with E-state index in [9.17, 15) is 4.79 Å². The maximum Gasteiger partial charge on any atom is 0.234 e. The van der Waals surface area contributed by atoms with Crippen molar-refractivity contribution in [3.63, 3.8) is 0 Å². The number of hydrogen-bond donors (Lipinski definition) is 1. The van der Waals surface area contributed by atoms with Crippen molar-refractivity contribution < 1.29 is 4.79 Å². The van der Waals surface area contributed by atoms with Crippen molar-refractivity contribution in [1.29, 1.82) is 0 Å². The number of nitrogens with one attached hydrogen (secondary N) is 1. The number of amides is 1. The van der Waals surface area contributed by atoms with Crippen LogP contribution in [-0.4, -0.2) is 43.5 Å². The summed E-state index contributed by atoms with van der Waals surface area (Å²) in [4.78, 5) is 16.7. The van der Waals surface area contributed by atoms with Gasteiger partial charge in [-0.15, -0.1) is 0 Å². The van der Waals surface area contributed by atoms with E-state index in [0.29, 0.717) is 13.1 Å². The van der Waals surface area contributed by atoms with Gasteiger partial charge in [-0.05, 0) is 30.7 Å². The van der Waals surface area contributed by atoms with E-state index in [1.165, 1.54) is 5.56 Å². The van der Waals surface area contributed by atoms with E-state index in [-0.39, 0.29) is 5.91 Å². The van der Waals surface area contributed by atoms with Crippen LogP contribution in [0.15, 0.2) is 48.5 Å². The number of nitrogens with zero attached hydrogens (tertiary/aromatic N) is 2. The van der Waals surface area contributed by atoms with Gasteiger partial charge in [0.2, 0.25) is 5.91 Å². The SMILES string of the molecule is Cc1cccc(CNC(=O)CN2CCN(c3cccc(Cl)c3)CC2)c1. The van der Waals surface area contributed by atoms with Crippen molar-refractivity contribution in [3.8, 4) is 0 Å². The molecule has 3 rings (SSSR count). The topological polar surface area (TPSA) is 35.6 Å². The highest BCUT2D eigenvalue weighted by molar-refractivity contribution is 6.30. The van der Waals surface area contributed by atoms with Crippen molar-refractivity contribution in [2.75, 3.05) is 37.6 Å². The summed E-state index contributed by atoms with van der Waals surface area (Å²) in [6.07, 6.45) is 0. The lowest BCUT2D eigenvalue weighted by Gasteiger charge is -2.35. The lowest BCUT2D eigenvalue weighted by Crippen LogP contribution is -2.49. The highest BCUT2D eigenvalue weighted by Gasteiger charge is 2.19. The van der Waals surface area contributed by atoms with E-state index < -0.39 is 0 Å². The fourth-order valence-electron chi connectivity index (χ4n) is 3.12. The minimum absolute atomic E-state index is 0.0812. The molecule has 0 aromatic heterocycles. The standard InChI is InChI=1S/C20H24ClN3O/c1-16-4-2-5-17(12-16)14-22-20(25)15-23-8-10-24(11-9-23)19-7-3-6-18(21)13-19/h2-7,12-13H,8-11,14-15H2,1H3,(H,22,25). The maximum absolute atomic E-state index is 12.2. The Balaban J connectivity index is 1.43. The Morgan fingerprint density at radius 1 is 1.08 bits per heavy atom. The third kappa shape index (κ3) is 5.21. The average molecular weight is 358 g/mol. The third-order valence-electron chi connectivity index (χ3n) is 4.49. The van der Waals surface area contributed by atoms with Gasteiger partial charge in [-0.2, -0.15) is 0 Å². The van der Waals surface area contributed by atoms with E-state index in [0.717, 1.165) is 42.5 Å². The molecule has 25 heavy (non-hydrogen) atoms. The molecule has 0 bridgehead atoms. The summed E-state index contributed by atoms with van der Waals surface area (Å²) in [5.41, 5.74) is 3.50. The van der Waals surface area contributed by atoms with Gasteiger partial charge in [-0.3, -0.25) is 9.69 Å². The molecule has 0 radical (unpaired) electrons. The largest absolute Gasteiger partial charge is 0.369 e. The van der Waals surface area contributed by atoms with Crippen LogP contribution in [0.3, 0.4) is 0 Å². The molecule has 1 saturated heterocycles. The summed E-state index contributed by atoms with van der Waals surface area (Å²) in [6.45, 7) is 6.68. The molecule has 0 saturated carbocycles. The van der Waals surface area contributed by atoms with Crippen LogP contribution in [0.4, 0.5) is 5.69 Å². The average Bonchev–Trinajstić information content (AvgIpc) is 2.61. The molecule has 2 aromatic rings. The van der Waals surface area contributed by atoms with Gasteiger partial charge >= 0.3 is 0 Å². The van der Waals surface area contributed by atoms with Gasteiger partial charge in [0.1, 0.15) is 0 Å². The fraction of sp³-hybridized carbons (Fsp3) is 0.350. The second-order valence-electron chi connectivity index (χ2n) is 6.51. The zero-order valence-electron chi connectivity index (χ0n) is 14.5. The summed E-state index contributed by atoms with van der Waals surface area (Å²) in [5.74, 6) is 0.0812. The van der Waals surface area contributed by atoms with Crippen molar-refractivity contribution in [2.24, 2.45) is 0 Å². The molecule has 1 heterocycles. The Kier molecular flexibility index (Phi) is 5.95. The van der Waals surface area contributed by atoms with Crippen LogP contribution in [0, 0.1) is 6.92 Å². The van der Waals surface area contributed by atoms with Gasteiger partial charge < -0.3 is 10.2 Å². The smallest absolute Gasteiger partial charge is 0.234 e. The summed E-state index contributed by atoms with van der Waals surface area (Å²) in [5, 5.41) is 3.77. The molecule has 1 fully saturated rings. The van der Waals surface area contributed by atoms with Crippen molar-refractivity contribution in [2.45, 2.75) is 13.5 Å². The highest BCUT2D eigenvalue weighted by Crippen LogP contribution is 2.20. The Hall–Kier alpha value is -2.04. The van der Waals surface area contributed by atoms with Crippen LogP contribution < -0.4 is 10.2 Å². The molecule has 132 valence electrons.